The Morgan fingerprint density at radius 2 is 1.73 bits per heavy atom. The van der Waals surface area contributed by atoms with Gasteiger partial charge in [0, 0.05) is 27.0 Å². The van der Waals surface area contributed by atoms with Crippen LogP contribution in [-0.2, 0) is 9.47 Å². The maximum atomic E-state index is 12.7. The van der Waals surface area contributed by atoms with Crippen LogP contribution in [0.2, 0.25) is 0 Å². The Morgan fingerprint density at radius 3 is 2.20 bits per heavy atom. The lowest BCUT2D eigenvalue weighted by atomic mass is 10.3. The van der Waals surface area contributed by atoms with Gasteiger partial charge in [-0.1, -0.05) is 0 Å². The molecule has 1 aromatic rings. The van der Waals surface area contributed by atoms with Crippen LogP contribution in [0.1, 0.15) is 0 Å². The lowest BCUT2D eigenvalue weighted by Gasteiger charge is -2.23. The van der Waals surface area contributed by atoms with Gasteiger partial charge in [0.1, 0.15) is 5.82 Å². The summed E-state index contributed by atoms with van der Waals surface area (Å²) in [6, 6.07) is 6.30. The van der Waals surface area contributed by atoms with Gasteiger partial charge in [0.25, 0.3) is 0 Å². The fourth-order valence-electron chi connectivity index (χ4n) is 1.27. The van der Waals surface area contributed by atoms with E-state index < -0.39 is 0 Å². The van der Waals surface area contributed by atoms with Crippen LogP contribution in [0.3, 0.4) is 0 Å². The zero-order valence-electron chi connectivity index (χ0n) is 9.24. The van der Waals surface area contributed by atoms with Gasteiger partial charge in [0.05, 0.1) is 6.54 Å². The van der Waals surface area contributed by atoms with E-state index in [1.165, 1.54) is 12.1 Å². The number of hydrogen-bond donors (Lipinski definition) is 0. The van der Waals surface area contributed by atoms with Gasteiger partial charge in [-0.3, -0.25) is 0 Å². The molecule has 0 saturated carbocycles. The molecule has 0 heterocycles. The summed E-state index contributed by atoms with van der Waals surface area (Å²) in [6.45, 7) is 0.596. The van der Waals surface area contributed by atoms with E-state index in [-0.39, 0.29) is 12.1 Å². The first-order valence-corrected chi connectivity index (χ1v) is 4.69. The van der Waals surface area contributed by atoms with E-state index in [0.717, 1.165) is 5.69 Å². The minimum Gasteiger partial charge on any atom is -0.369 e. The van der Waals surface area contributed by atoms with Gasteiger partial charge in [-0.15, -0.1) is 0 Å². The highest BCUT2D eigenvalue weighted by Crippen LogP contribution is 2.13. The molecule has 0 aliphatic carbocycles. The van der Waals surface area contributed by atoms with Crippen molar-refractivity contribution >= 4 is 5.69 Å². The second-order valence-electron chi connectivity index (χ2n) is 3.26. The highest BCUT2D eigenvalue weighted by molar-refractivity contribution is 5.45. The number of nitrogens with zero attached hydrogens (tertiary/aromatic N) is 1. The molecular formula is C11H16FNO2. The van der Waals surface area contributed by atoms with E-state index in [4.69, 9.17) is 9.47 Å². The summed E-state index contributed by atoms with van der Waals surface area (Å²) in [5, 5.41) is 0. The Labute approximate surface area is 89.4 Å². The van der Waals surface area contributed by atoms with E-state index in [2.05, 4.69) is 0 Å². The van der Waals surface area contributed by atoms with Gasteiger partial charge in [-0.2, -0.15) is 0 Å². The molecule has 1 aromatic carbocycles. The largest absolute Gasteiger partial charge is 0.369 e. The van der Waals surface area contributed by atoms with Crippen LogP contribution in [0.25, 0.3) is 0 Å². The SMILES string of the molecule is COC(CN(C)c1ccc(F)cc1)OC. The molecule has 84 valence electrons. The Bertz CT molecular complexity index is 285. The molecule has 0 bridgehead atoms. The van der Waals surface area contributed by atoms with Crippen molar-refractivity contribution in [1.29, 1.82) is 0 Å². The van der Waals surface area contributed by atoms with E-state index in [9.17, 15) is 4.39 Å². The number of anilines is 1. The zero-order valence-corrected chi connectivity index (χ0v) is 9.24. The zero-order chi connectivity index (χ0) is 11.3. The molecule has 0 amide bonds. The third kappa shape index (κ3) is 3.49. The smallest absolute Gasteiger partial charge is 0.174 e. The van der Waals surface area contributed by atoms with E-state index in [1.54, 1.807) is 26.4 Å². The average molecular weight is 213 g/mol. The summed E-state index contributed by atoms with van der Waals surface area (Å²) in [4.78, 5) is 1.94. The molecule has 3 nitrogen and oxygen atoms in total. The van der Waals surface area contributed by atoms with Crippen LogP contribution < -0.4 is 4.90 Å². The molecule has 0 fully saturated rings. The van der Waals surface area contributed by atoms with Gasteiger partial charge in [-0.05, 0) is 24.3 Å². The van der Waals surface area contributed by atoms with Gasteiger partial charge in [0.15, 0.2) is 6.29 Å². The van der Waals surface area contributed by atoms with Crippen molar-refractivity contribution in [3.05, 3.63) is 30.1 Å². The molecule has 0 radical (unpaired) electrons. The molecule has 0 aliphatic heterocycles. The first-order chi connectivity index (χ1) is 7.17. The van der Waals surface area contributed by atoms with Crippen molar-refractivity contribution < 1.29 is 13.9 Å². The van der Waals surface area contributed by atoms with E-state index >= 15 is 0 Å². The molecule has 0 atom stereocenters. The number of halogens is 1. The maximum Gasteiger partial charge on any atom is 0.174 e. The van der Waals surface area contributed by atoms with Gasteiger partial charge in [0.2, 0.25) is 0 Å². The molecule has 15 heavy (non-hydrogen) atoms. The Balaban J connectivity index is 2.60. The van der Waals surface area contributed by atoms with Crippen LogP contribution in [0.15, 0.2) is 24.3 Å². The molecule has 0 unspecified atom stereocenters. The number of rotatable bonds is 5. The van der Waals surface area contributed by atoms with Crippen LogP contribution in [0.5, 0.6) is 0 Å². The van der Waals surface area contributed by atoms with Gasteiger partial charge in [-0.25, -0.2) is 4.39 Å². The van der Waals surface area contributed by atoms with E-state index in [1.807, 2.05) is 11.9 Å². The number of ether oxygens (including phenoxy) is 2. The minimum atomic E-state index is -0.278. The van der Waals surface area contributed by atoms with Crippen molar-refractivity contribution in [1.82, 2.24) is 0 Å². The van der Waals surface area contributed by atoms with Crippen molar-refractivity contribution in [2.75, 3.05) is 32.7 Å². The van der Waals surface area contributed by atoms with Crippen molar-refractivity contribution in [2.24, 2.45) is 0 Å². The molecule has 0 saturated heterocycles. The lowest BCUT2D eigenvalue weighted by Crippen LogP contribution is -2.31. The van der Waals surface area contributed by atoms with Crippen molar-refractivity contribution in [3.8, 4) is 0 Å². The predicted octanol–water partition coefficient (Wildman–Crippen LogP) is 1.88. The monoisotopic (exact) mass is 213 g/mol. The topological polar surface area (TPSA) is 21.7 Å². The summed E-state index contributed by atoms with van der Waals surface area (Å²) in [6.07, 6.45) is -0.278. The first-order valence-electron chi connectivity index (χ1n) is 4.69. The third-order valence-electron chi connectivity index (χ3n) is 2.22. The summed E-state index contributed by atoms with van der Waals surface area (Å²) in [5.74, 6) is -0.234. The normalized spacial score (nSPS) is 10.7. The number of hydrogen-bond acceptors (Lipinski definition) is 3. The fraction of sp³-hybridized carbons (Fsp3) is 0.455. The number of benzene rings is 1. The molecule has 4 heteroatoms. The summed E-state index contributed by atoms with van der Waals surface area (Å²) < 4.78 is 22.8. The van der Waals surface area contributed by atoms with Crippen LogP contribution in [-0.4, -0.2) is 34.1 Å². The molecular weight excluding hydrogens is 197 g/mol. The van der Waals surface area contributed by atoms with Crippen LogP contribution in [0.4, 0.5) is 10.1 Å². The highest BCUT2D eigenvalue weighted by Gasteiger charge is 2.09. The molecule has 0 aliphatic rings. The quantitative estimate of drug-likeness (QED) is 0.697. The van der Waals surface area contributed by atoms with Gasteiger partial charge < -0.3 is 14.4 Å². The molecule has 1 rings (SSSR count). The maximum absolute atomic E-state index is 12.7. The summed E-state index contributed by atoms with van der Waals surface area (Å²) in [7, 11) is 5.08. The Kier molecular flexibility index (Phi) is 4.52. The summed E-state index contributed by atoms with van der Waals surface area (Å²) in [5.41, 5.74) is 0.926. The van der Waals surface area contributed by atoms with Crippen molar-refractivity contribution in [3.63, 3.8) is 0 Å². The second kappa shape index (κ2) is 5.68. The molecule has 0 spiro atoms. The van der Waals surface area contributed by atoms with Crippen LogP contribution in [0, 0.1) is 5.82 Å². The average Bonchev–Trinajstić information content (AvgIpc) is 2.26. The minimum absolute atomic E-state index is 0.234. The lowest BCUT2D eigenvalue weighted by molar-refractivity contribution is -0.0944. The predicted molar refractivity (Wildman–Crippen MR) is 57.5 cm³/mol. The standard InChI is InChI=1S/C11H16FNO2/c1-13(8-11(14-2)15-3)10-6-4-9(12)5-7-10/h4-7,11H,8H2,1-3H3. The number of likely N-dealkylation sites (N-methyl/N-ethyl adjacent to an activating group) is 1. The Morgan fingerprint density at radius 1 is 1.20 bits per heavy atom. The van der Waals surface area contributed by atoms with Crippen LogP contribution >= 0.6 is 0 Å². The summed E-state index contributed by atoms with van der Waals surface area (Å²) >= 11 is 0. The molecule has 0 N–H and O–H groups in total. The highest BCUT2D eigenvalue weighted by atomic mass is 19.1. The molecule has 0 aromatic heterocycles. The Hall–Kier alpha value is -1.13. The second-order valence-corrected chi connectivity index (χ2v) is 3.26. The first kappa shape index (κ1) is 11.9. The van der Waals surface area contributed by atoms with Gasteiger partial charge >= 0.3 is 0 Å². The van der Waals surface area contributed by atoms with E-state index in [0.29, 0.717) is 6.54 Å². The fourth-order valence-corrected chi connectivity index (χ4v) is 1.27. The third-order valence-corrected chi connectivity index (χ3v) is 2.22. The van der Waals surface area contributed by atoms with Crippen molar-refractivity contribution in [2.45, 2.75) is 6.29 Å². The number of methoxy groups -OCH3 is 2.